The smallest absolute Gasteiger partial charge is 0.433 e. The fourth-order valence-corrected chi connectivity index (χ4v) is 3.97. The Morgan fingerprint density at radius 2 is 1.91 bits per heavy atom. The second-order valence-corrected chi connectivity index (χ2v) is 7.39. The summed E-state index contributed by atoms with van der Waals surface area (Å²) in [6.07, 6.45) is -0.902. The van der Waals surface area contributed by atoms with E-state index in [-0.39, 0.29) is 12.1 Å². The minimum atomic E-state index is -4.61. The van der Waals surface area contributed by atoms with Crippen molar-refractivity contribution < 1.29 is 22.7 Å². The van der Waals surface area contributed by atoms with Crippen molar-refractivity contribution in [1.29, 1.82) is 0 Å². The Hall–Kier alpha value is -3.43. The van der Waals surface area contributed by atoms with E-state index in [4.69, 9.17) is 9.57 Å². The second-order valence-electron chi connectivity index (χ2n) is 7.39. The number of hydrogen-bond donors (Lipinski definition) is 0. The molecule has 32 heavy (non-hydrogen) atoms. The maximum absolute atomic E-state index is 14.0. The summed E-state index contributed by atoms with van der Waals surface area (Å²) in [4.78, 5) is 14.3. The van der Waals surface area contributed by atoms with Gasteiger partial charge in [-0.1, -0.05) is 24.2 Å². The SMILES string of the molecule is CCCn1ncc(C2ON=C(c3cccc(OC)c3C)C2c2ncccn2)c1C(F)(F)F. The molecule has 0 saturated carbocycles. The number of aromatic nitrogens is 4. The number of alkyl halides is 3. The predicted octanol–water partition coefficient (Wildman–Crippen LogP) is 4.68. The predicted molar refractivity (Wildman–Crippen MR) is 110 cm³/mol. The van der Waals surface area contributed by atoms with Gasteiger partial charge in [0.25, 0.3) is 0 Å². The van der Waals surface area contributed by atoms with Crippen molar-refractivity contribution in [3.63, 3.8) is 0 Å². The van der Waals surface area contributed by atoms with Gasteiger partial charge in [0.15, 0.2) is 6.10 Å². The summed E-state index contributed by atoms with van der Waals surface area (Å²) in [5.41, 5.74) is 0.983. The molecule has 0 bridgehead atoms. The Kier molecular flexibility index (Phi) is 5.86. The Labute approximate surface area is 182 Å². The monoisotopic (exact) mass is 445 g/mol. The molecule has 168 valence electrons. The van der Waals surface area contributed by atoms with Gasteiger partial charge in [0.1, 0.15) is 28.9 Å². The number of aryl methyl sites for hydroxylation is 1. The van der Waals surface area contributed by atoms with Crippen molar-refractivity contribution in [3.05, 3.63) is 71.1 Å². The number of methoxy groups -OCH3 is 1. The number of halogens is 3. The van der Waals surface area contributed by atoms with E-state index in [1.807, 2.05) is 13.0 Å². The summed E-state index contributed by atoms with van der Waals surface area (Å²) >= 11 is 0. The first-order valence-electron chi connectivity index (χ1n) is 10.1. The third kappa shape index (κ3) is 3.80. The second kappa shape index (κ2) is 8.60. The third-order valence-corrected chi connectivity index (χ3v) is 5.38. The zero-order valence-electron chi connectivity index (χ0n) is 17.8. The molecule has 0 aliphatic carbocycles. The van der Waals surface area contributed by atoms with Gasteiger partial charge in [-0.15, -0.1) is 0 Å². The molecule has 0 spiro atoms. The summed E-state index contributed by atoms with van der Waals surface area (Å²) in [5, 5.41) is 8.21. The van der Waals surface area contributed by atoms with Crippen molar-refractivity contribution in [1.82, 2.24) is 19.7 Å². The van der Waals surface area contributed by atoms with Crippen molar-refractivity contribution in [3.8, 4) is 5.75 Å². The summed E-state index contributed by atoms with van der Waals surface area (Å²) < 4.78 is 48.5. The Morgan fingerprint density at radius 3 is 2.56 bits per heavy atom. The molecule has 0 radical (unpaired) electrons. The van der Waals surface area contributed by atoms with Gasteiger partial charge in [-0.3, -0.25) is 4.68 Å². The van der Waals surface area contributed by atoms with Crippen LogP contribution in [0, 0.1) is 6.92 Å². The van der Waals surface area contributed by atoms with E-state index >= 15 is 0 Å². The molecule has 1 aromatic carbocycles. The molecule has 1 aliphatic heterocycles. The van der Waals surface area contributed by atoms with Gasteiger partial charge in [0.2, 0.25) is 0 Å². The van der Waals surface area contributed by atoms with Gasteiger partial charge >= 0.3 is 6.18 Å². The normalized spacial score (nSPS) is 18.4. The quantitative estimate of drug-likeness (QED) is 0.551. The molecule has 2 aromatic heterocycles. The average Bonchev–Trinajstić information content (AvgIpc) is 3.39. The maximum atomic E-state index is 14.0. The molecular formula is C22H22F3N5O2. The number of ether oxygens (including phenoxy) is 1. The van der Waals surface area contributed by atoms with Crippen LogP contribution in [0.3, 0.4) is 0 Å². The molecule has 7 nitrogen and oxygen atoms in total. The first-order valence-corrected chi connectivity index (χ1v) is 10.1. The lowest BCUT2D eigenvalue weighted by Gasteiger charge is -2.20. The number of benzene rings is 1. The van der Waals surface area contributed by atoms with Crippen LogP contribution < -0.4 is 4.74 Å². The van der Waals surface area contributed by atoms with Crippen LogP contribution >= 0.6 is 0 Å². The minimum absolute atomic E-state index is 0.0947. The molecule has 3 aromatic rings. The maximum Gasteiger partial charge on any atom is 0.433 e. The van der Waals surface area contributed by atoms with Crippen LogP contribution in [0.5, 0.6) is 5.75 Å². The summed E-state index contributed by atoms with van der Waals surface area (Å²) in [6.45, 7) is 3.78. The van der Waals surface area contributed by atoms with Crippen LogP contribution in [0.25, 0.3) is 0 Å². The van der Waals surface area contributed by atoms with E-state index in [2.05, 4.69) is 20.2 Å². The van der Waals surface area contributed by atoms with E-state index in [0.717, 1.165) is 10.2 Å². The summed E-state index contributed by atoms with van der Waals surface area (Å²) in [5.74, 6) is 0.183. The van der Waals surface area contributed by atoms with Gasteiger partial charge in [0, 0.05) is 35.6 Å². The van der Waals surface area contributed by atoms with Crippen LogP contribution in [0.15, 0.2) is 48.0 Å². The molecule has 0 fully saturated rings. The molecule has 2 atom stereocenters. The highest BCUT2D eigenvalue weighted by Gasteiger charge is 2.47. The lowest BCUT2D eigenvalue weighted by molar-refractivity contribution is -0.146. The van der Waals surface area contributed by atoms with Gasteiger partial charge in [-0.05, 0) is 25.5 Å². The highest BCUT2D eigenvalue weighted by atomic mass is 19.4. The van der Waals surface area contributed by atoms with E-state index in [1.165, 1.54) is 6.20 Å². The summed E-state index contributed by atoms with van der Waals surface area (Å²) in [6, 6.07) is 7.06. The van der Waals surface area contributed by atoms with Crippen LogP contribution in [0.2, 0.25) is 0 Å². The van der Waals surface area contributed by atoms with E-state index in [9.17, 15) is 13.2 Å². The Morgan fingerprint density at radius 1 is 1.16 bits per heavy atom. The fraction of sp³-hybridized carbons (Fsp3) is 0.364. The molecule has 10 heteroatoms. The van der Waals surface area contributed by atoms with Crippen LogP contribution in [-0.2, 0) is 17.6 Å². The molecule has 0 amide bonds. The lowest BCUT2D eigenvalue weighted by atomic mass is 9.86. The van der Waals surface area contributed by atoms with Gasteiger partial charge in [-0.25, -0.2) is 9.97 Å². The zero-order valence-corrected chi connectivity index (χ0v) is 17.8. The van der Waals surface area contributed by atoms with Crippen molar-refractivity contribution in [2.24, 2.45) is 5.16 Å². The molecule has 3 heterocycles. The summed E-state index contributed by atoms with van der Waals surface area (Å²) in [7, 11) is 1.55. The molecular weight excluding hydrogens is 423 g/mol. The largest absolute Gasteiger partial charge is 0.496 e. The van der Waals surface area contributed by atoms with Crippen molar-refractivity contribution in [2.45, 2.75) is 45.0 Å². The Bertz CT molecular complexity index is 1130. The minimum Gasteiger partial charge on any atom is -0.496 e. The number of hydrogen-bond acceptors (Lipinski definition) is 6. The third-order valence-electron chi connectivity index (χ3n) is 5.38. The highest BCUT2D eigenvalue weighted by Crippen LogP contribution is 2.45. The van der Waals surface area contributed by atoms with Gasteiger partial charge in [-0.2, -0.15) is 18.3 Å². The Balaban J connectivity index is 1.86. The first kappa shape index (κ1) is 21.8. The first-order chi connectivity index (χ1) is 15.4. The van der Waals surface area contributed by atoms with Crippen LogP contribution in [0.1, 0.15) is 53.6 Å². The fourth-order valence-electron chi connectivity index (χ4n) is 3.97. The standard InChI is InChI=1S/C22H22F3N5O2/c1-4-11-30-20(22(23,24)25)15(12-28-30)19-17(21-26-9-6-10-27-21)18(29-32-19)14-7-5-8-16(31-3)13(14)2/h5-10,12,17,19H,4,11H2,1-3H3. The average molecular weight is 445 g/mol. The van der Waals surface area contributed by atoms with Gasteiger partial charge in [0.05, 0.1) is 13.3 Å². The number of rotatable bonds is 6. The van der Waals surface area contributed by atoms with Crippen molar-refractivity contribution in [2.75, 3.05) is 7.11 Å². The van der Waals surface area contributed by atoms with Crippen molar-refractivity contribution >= 4 is 5.71 Å². The highest BCUT2D eigenvalue weighted by molar-refractivity contribution is 6.07. The molecule has 4 rings (SSSR count). The van der Waals surface area contributed by atoms with E-state index < -0.39 is 23.9 Å². The molecule has 0 saturated heterocycles. The van der Waals surface area contributed by atoms with Crippen LogP contribution in [-0.4, -0.2) is 32.6 Å². The van der Waals surface area contributed by atoms with E-state index in [1.54, 1.807) is 44.6 Å². The molecule has 0 N–H and O–H groups in total. The van der Waals surface area contributed by atoms with E-state index in [0.29, 0.717) is 29.3 Å². The number of nitrogens with zero attached hydrogens (tertiary/aromatic N) is 5. The number of oxime groups is 1. The van der Waals surface area contributed by atoms with Crippen LogP contribution in [0.4, 0.5) is 13.2 Å². The molecule has 2 unspecified atom stereocenters. The van der Waals surface area contributed by atoms with Gasteiger partial charge < -0.3 is 9.57 Å². The zero-order chi connectivity index (χ0) is 22.9. The molecule has 1 aliphatic rings. The topological polar surface area (TPSA) is 74.4 Å². The lowest BCUT2D eigenvalue weighted by Crippen LogP contribution is -2.23.